The Morgan fingerprint density at radius 2 is 1.79 bits per heavy atom. The second-order valence-corrected chi connectivity index (χ2v) is 8.37. The van der Waals surface area contributed by atoms with Gasteiger partial charge in [-0.15, -0.1) is 0 Å². The molecule has 1 N–H and O–H groups in total. The Balaban J connectivity index is 1.66. The molecule has 5 heteroatoms. The lowest BCUT2D eigenvalue weighted by Crippen LogP contribution is -2.29. The Morgan fingerprint density at radius 1 is 1.03 bits per heavy atom. The summed E-state index contributed by atoms with van der Waals surface area (Å²) in [4.78, 5) is 28.0. The highest BCUT2D eigenvalue weighted by atomic mass is 16.5. The summed E-state index contributed by atoms with van der Waals surface area (Å²) in [6.07, 6.45) is 2.62. The van der Waals surface area contributed by atoms with Crippen molar-refractivity contribution in [3.05, 3.63) is 101 Å². The summed E-state index contributed by atoms with van der Waals surface area (Å²) in [7, 11) is 0. The fraction of sp³-hybridized carbons (Fsp3) is 0.214. The van der Waals surface area contributed by atoms with E-state index in [4.69, 9.17) is 4.74 Å². The van der Waals surface area contributed by atoms with Crippen LogP contribution in [-0.2, 0) is 22.4 Å². The second kappa shape index (κ2) is 8.58. The van der Waals surface area contributed by atoms with Gasteiger partial charge in [-0.05, 0) is 66.3 Å². The van der Waals surface area contributed by atoms with Crippen molar-refractivity contribution in [2.24, 2.45) is 0 Å². The van der Waals surface area contributed by atoms with E-state index in [-0.39, 0.29) is 11.3 Å². The molecule has 3 aromatic rings. The van der Waals surface area contributed by atoms with Gasteiger partial charge in [0, 0.05) is 11.3 Å². The zero-order valence-electron chi connectivity index (χ0n) is 18.5. The Hall–Kier alpha value is -3.86. The molecule has 0 aliphatic carbocycles. The number of aliphatic hydroxyl groups excluding tert-OH is 1. The van der Waals surface area contributed by atoms with Gasteiger partial charge < -0.3 is 9.84 Å². The molecule has 1 amide bonds. The van der Waals surface area contributed by atoms with E-state index in [9.17, 15) is 14.7 Å². The average Bonchev–Trinajstić information content (AvgIpc) is 3.14. The first-order valence-electron chi connectivity index (χ1n) is 11.3. The number of aryl methyl sites for hydroxylation is 2. The van der Waals surface area contributed by atoms with Gasteiger partial charge in [0.25, 0.3) is 11.7 Å². The first kappa shape index (κ1) is 21.0. The van der Waals surface area contributed by atoms with Crippen molar-refractivity contribution in [2.45, 2.75) is 32.2 Å². The fourth-order valence-corrected chi connectivity index (χ4v) is 4.60. The molecule has 2 aliphatic rings. The maximum absolute atomic E-state index is 13.3. The number of fused-ring (bicyclic) bond motifs is 1. The Labute approximate surface area is 192 Å². The minimum absolute atomic E-state index is 0.0995. The van der Waals surface area contributed by atoms with Gasteiger partial charge in [-0.25, -0.2) is 0 Å². The summed E-state index contributed by atoms with van der Waals surface area (Å²) in [5, 5.41) is 11.3. The molecule has 2 heterocycles. The predicted octanol–water partition coefficient (Wildman–Crippen LogP) is 5.20. The van der Waals surface area contributed by atoms with Crippen molar-refractivity contribution in [3.63, 3.8) is 0 Å². The number of carbonyl (C=O) groups is 2. The number of hydrogen-bond donors (Lipinski definition) is 1. The number of hydrogen-bond acceptors (Lipinski definition) is 4. The molecule has 0 bridgehead atoms. The predicted molar refractivity (Wildman–Crippen MR) is 127 cm³/mol. The number of Topliss-reactive ketones (excluding diaryl/α,β-unsaturated/α-hetero) is 1. The quantitative estimate of drug-likeness (QED) is 0.345. The van der Waals surface area contributed by atoms with E-state index in [0.29, 0.717) is 17.9 Å². The molecule has 0 saturated carbocycles. The van der Waals surface area contributed by atoms with Crippen molar-refractivity contribution in [1.29, 1.82) is 0 Å². The number of benzene rings is 3. The lowest BCUT2D eigenvalue weighted by atomic mass is 9.94. The molecule has 3 aromatic carbocycles. The van der Waals surface area contributed by atoms with E-state index >= 15 is 0 Å². The summed E-state index contributed by atoms with van der Waals surface area (Å²) in [6.45, 7) is 2.74. The smallest absolute Gasteiger partial charge is 0.300 e. The number of nitrogens with zero attached hydrogens (tertiary/aromatic N) is 1. The molecule has 0 radical (unpaired) electrons. The highest BCUT2D eigenvalue weighted by Crippen LogP contribution is 2.42. The fourth-order valence-electron chi connectivity index (χ4n) is 4.60. The third-order valence-corrected chi connectivity index (χ3v) is 6.36. The second-order valence-electron chi connectivity index (χ2n) is 8.37. The summed E-state index contributed by atoms with van der Waals surface area (Å²) in [5.74, 6) is -0.692. The molecule has 1 saturated heterocycles. The van der Waals surface area contributed by atoms with Crippen LogP contribution in [0.4, 0.5) is 5.69 Å². The number of carbonyl (C=O) groups excluding carboxylic acids is 2. The lowest BCUT2D eigenvalue weighted by molar-refractivity contribution is -0.132. The molecule has 2 aliphatic heterocycles. The SMILES string of the molecule is CCc1ccc(N2C(=O)C(=O)/C(=C(\O)c3ccc4c(c3)CCCO4)C2c2ccccc2)cc1. The van der Waals surface area contributed by atoms with Crippen LogP contribution in [0.1, 0.15) is 41.6 Å². The first-order valence-corrected chi connectivity index (χ1v) is 11.3. The highest BCUT2D eigenvalue weighted by molar-refractivity contribution is 6.51. The van der Waals surface area contributed by atoms with Crippen LogP contribution in [0.15, 0.2) is 78.4 Å². The molecule has 1 atom stereocenters. The number of ketones is 1. The maximum Gasteiger partial charge on any atom is 0.300 e. The van der Waals surface area contributed by atoms with Crippen LogP contribution in [0.3, 0.4) is 0 Å². The van der Waals surface area contributed by atoms with E-state index in [2.05, 4.69) is 6.92 Å². The van der Waals surface area contributed by atoms with Crippen molar-refractivity contribution in [1.82, 2.24) is 0 Å². The molecule has 0 aromatic heterocycles. The largest absolute Gasteiger partial charge is 0.507 e. The molecule has 0 spiro atoms. The number of ether oxygens (including phenoxy) is 1. The van der Waals surface area contributed by atoms with Gasteiger partial charge in [0.05, 0.1) is 18.2 Å². The van der Waals surface area contributed by atoms with Crippen molar-refractivity contribution in [3.8, 4) is 5.75 Å². The zero-order chi connectivity index (χ0) is 22.9. The molecule has 5 rings (SSSR count). The van der Waals surface area contributed by atoms with Crippen LogP contribution in [0.5, 0.6) is 5.75 Å². The molecule has 166 valence electrons. The van der Waals surface area contributed by atoms with Gasteiger partial charge in [0.15, 0.2) is 0 Å². The molecular formula is C28H25NO4. The Morgan fingerprint density at radius 3 is 2.52 bits per heavy atom. The minimum Gasteiger partial charge on any atom is -0.507 e. The summed E-state index contributed by atoms with van der Waals surface area (Å²) in [6, 6.07) is 21.7. The van der Waals surface area contributed by atoms with Gasteiger partial charge in [0.2, 0.25) is 0 Å². The van der Waals surface area contributed by atoms with Crippen molar-refractivity contribution >= 4 is 23.1 Å². The van der Waals surface area contributed by atoms with E-state index in [1.807, 2.05) is 66.7 Å². The number of anilines is 1. The lowest BCUT2D eigenvalue weighted by Gasteiger charge is -2.25. The Kier molecular flexibility index (Phi) is 5.47. The van der Waals surface area contributed by atoms with E-state index < -0.39 is 17.7 Å². The summed E-state index contributed by atoms with van der Waals surface area (Å²) in [5.41, 5.74) is 4.14. The summed E-state index contributed by atoms with van der Waals surface area (Å²) >= 11 is 0. The van der Waals surface area contributed by atoms with Crippen LogP contribution in [0.2, 0.25) is 0 Å². The van der Waals surface area contributed by atoms with Crippen molar-refractivity contribution < 1.29 is 19.4 Å². The summed E-state index contributed by atoms with van der Waals surface area (Å²) < 4.78 is 5.68. The zero-order valence-corrected chi connectivity index (χ0v) is 18.5. The van der Waals surface area contributed by atoms with Crippen LogP contribution < -0.4 is 9.64 Å². The molecule has 33 heavy (non-hydrogen) atoms. The van der Waals surface area contributed by atoms with Gasteiger partial charge in [-0.2, -0.15) is 0 Å². The van der Waals surface area contributed by atoms with Gasteiger partial charge >= 0.3 is 0 Å². The van der Waals surface area contributed by atoms with Crippen LogP contribution in [-0.4, -0.2) is 23.4 Å². The van der Waals surface area contributed by atoms with E-state index in [0.717, 1.165) is 41.7 Å². The number of aliphatic hydroxyl groups is 1. The number of amides is 1. The van der Waals surface area contributed by atoms with Gasteiger partial charge in [-0.1, -0.05) is 49.4 Å². The van der Waals surface area contributed by atoms with Crippen LogP contribution >= 0.6 is 0 Å². The maximum atomic E-state index is 13.3. The first-order chi connectivity index (χ1) is 16.1. The van der Waals surface area contributed by atoms with Gasteiger partial charge in [-0.3, -0.25) is 14.5 Å². The van der Waals surface area contributed by atoms with E-state index in [1.165, 1.54) is 4.90 Å². The molecular weight excluding hydrogens is 414 g/mol. The van der Waals surface area contributed by atoms with E-state index in [1.54, 1.807) is 6.07 Å². The third kappa shape index (κ3) is 3.69. The van der Waals surface area contributed by atoms with Crippen LogP contribution in [0.25, 0.3) is 5.76 Å². The topological polar surface area (TPSA) is 66.8 Å². The standard InChI is InChI=1S/C28H25NO4/c1-2-18-10-13-22(14-11-18)29-25(19-7-4-3-5-8-19)24(27(31)28(29)32)26(30)21-12-15-23-20(17-21)9-6-16-33-23/h3-5,7-8,10-15,17,25,30H,2,6,9,16H2,1H3/b26-24-. The normalized spacial score (nSPS) is 19.3. The molecule has 5 nitrogen and oxygen atoms in total. The number of rotatable bonds is 4. The van der Waals surface area contributed by atoms with Gasteiger partial charge in [0.1, 0.15) is 11.5 Å². The molecule has 1 unspecified atom stereocenters. The van der Waals surface area contributed by atoms with Crippen molar-refractivity contribution in [2.75, 3.05) is 11.5 Å². The highest BCUT2D eigenvalue weighted by Gasteiger charge is 2.46. The molecule has 1 fully saturated rings. The van der Waals surface area contributed by atoms with Crippen LogP contribution in [0, 0.1) is 0 Å². The minimum atomic E-state index is -0.717. The monoisotopic (exact) mass is 439 g/mol. The Bertz CT molecular complexity index is 1240. The third-order valence-electron chi connectivity index (χ3n) is 6.36. The average molecular weight is 440 g/mol.